The Morgan fingerprint density at radius 3 is 1.24 bits per heavy atom. The van der Waals surface area contributed by atoms with Crippen molar-refractivity contribution >= 4 is 35.1 Å². The molecular weight excluding hydrogens is 647 g/mol. The van der Waals surface area contributed by atoms with E-state index in [9.17, 15) is 0 Å². The molecule has 0 aliphatic heterocycles. The molecule has 0 spiro atoms. The average Bonchev–Trinajstić information content (AvgIpc) is 3.46. The predicted molar refractivity (Wildman–Crippen MR) is 191 cm³/mol. The predicted octanol–water partition coefficient (Wildman–Crippen LogP) is 13.3. The summed E-state index contributed by atoms with van der Waals surface area (Å²) in [5, 5.41) is 0. The average molecular weight is 704 g/mol. The van der Waals surface area contributed by atoms with E-state index in [0.717, 1.165) is 25.7 Å². The Kier molecular flexibility index (Phi) is 10.5. The Morgan fingerprint density at radius 1 is 0.619 bits per heavy atom. The molecular formula is C38H57Cl2SiZr. The van der Waals surface area contributed by atoms with Crippen molar-refractivity contribution in [1.29, 1.82) is 0 Å². The van der Waals surface area contributed by atoms with Crippen LogP contribution in [0.15, 0.2) is 35.4 Å². The standard InChI is InChI=1S/2C18H25.C2H7Si.2ClH.Zr/c2*1-6-7-14-8-16-10-15(12(2)3)11-17(13(4)5)18(16)9-14;1-3-2;;;/h2*8-13H,6-7H2,1-5H3;3H,1-2H3;2*1H;/q;;;;;+2/p-2. The van der Waals surface area contributed by atoms with Crippen LogP contribution in [0.3, 0.4) is 0 Å². The van der Waals surface area contributed by atoms with Crippen molar-refractivity contribution in [2.45, 2.75) is 139 Å². The van der Waals surface area contributed by atoms with Crippen molar-refractivity contribution in [3.8, 4) is 0 Å². The van der Waals surface area contributed by atoms with Crippen LogP contribution in [0.25, 0.3) is 12.2 Å². The molecule has 4 rings (SSSR count). The molecule has 2 atom stereocenters. The molecule has 0 bridgehead atoms. The zero-order valence-electron chi connectivity index (χ0n) is 28.6. The SMILES string of the molecule is CCCC1=Cc2c(C(C)C)cc(C(C)C)cc2[CH]1[Zr]([Cl])([Cl])([CH]1C(CCC)=Cc2c(C(C)C)cc(C(C)C)cc21)[SiH](C)C. The van der Waals surface area contributed by atoms with Gasteiger partial charge in [-0.3, -0.25) is 0 Å². The molecule has 0 N–H and O–H groups in total. The molecule has 0 radical (unpaired) electrons. The van der Waals surface area contributed by atoms with Crippen molar-refractivity contribution in [2.24, 2.45) is 0 Å². The monoisotopic (exact) mass is 701 g/mol. The van der Waals surface area contributed by atoms with Crippen LogP contribution in [-0.2, 0) is 15.6 Å². The van der Waals surface area contributed by atoms with Gasteiger partial charge in [0.05, 0.1) is 0 Å². The molecule has 2 unspecified atom stereocenters. The Hall–Kier alpha value is -0.400. The van der Waals surface area contributed by atoms with E-state index in [2.05, 4.69) is 119 Å². The van der Waals surface area contributed by atoms with Gasteiger partial charge in [0.1, 0.15) is 0 Å². The van der Waals surface area contributed by atoms with Crippen molar-refractivity contribution in [1.82, 2.24) is 0 Å². The second-order valence-corrected chi connectivity index (χ2v) is 57.5. The van der Waals surface area contributed by atoms with Gasteiger partial charge in [0.2, 0.25) is 0 Å². The molecule has 0 heterocycles. The molecule has 2 aromatic carbocycles. The Bertz CT molecular complexity index is 1290. The van der Waals surface area contributed by atoms with Gasteiger partial charge in [-0.1, -0.05) is 0 Å². The maximum atomic E-state index is 8.74. The molecule has 0 amide bonds. The summed E-state index contributed by atoms with van der Waals surface area (Å²) < 4.78 is 0.378. The van der Waals surface area contributed by atoms with Gasteiger partial charge in [0.25, 0.3) is 0 Å². The van der Waals surface area contributed by atoms with Crippen molar-refractivity contribution in [2.75, 3.05) is 0 Å². The summed E-state index contributed by atoms with van der Waals surface area (Å²) in [6.07, 6.45) is 9.51. The number of hydrogen-bond donors (Lipinski definition) is 0. The van der Waals surface area contributed by atoms with E-state index >= 15 is 0 Å². The molecule has 42 heavy (non-hydrogen) atoms. The van der Waals surface area contributed by atoms with E-state index in [1.165, 1.54) is 55.7 Å². The fourth-order valence-corrected chi connectivity index (χ4v) is 39.4. The normalized spacial score (nSPS) is 19.5. The summed E-state index contributed by atoms with van der Waals surface area (Å²) in [7, 11) is 17.5. The molecule has 2 aliphatic rings. The molecule has 2 aromatic rings. The van der Waals surface area contributed by atoms with Gasteiger partial charge in [-0.25, -0.2) is 0 Å². The van der Waals surface area contributed by atoms with Gasteiger partial charge in [-0.2, -0.15) is 0 Å². The van der Waals surface area contributed by atoms with Crippen LogP contribution in [0.5, 0.6) is 0 Å². The minimum atomic E-state index is -4.76. The minimum absolute atomic E-state index is 0.189. The van der Waals surface area contributed by atoms with Crippen LogP contribution >= 0.6 is 17.0 Å². The number of allylic oxidation sites excluding steroid dienone is 2. The van der Waals surface area contributed by atoms with Gasteiger partial charge in [0, 0.05) is 0 Å². The zero-order valence-corrected chi connectivity index (χ0v) is 33.7. The van der Waals surface area contributed by atoms with E-state index in [1.807, 2.05) is 0 Å². The Labute approximate surface area is 267 Å². The number of fused-ring (bicyclic) bond motifs is 2. The summed E-state index contributed by atoms with van der Waals surface area (Å²) in [6.45, 7) is 28.4. The zero-order chi connectivity index (χ0) is 31.3. The van der Waals surface area contributed by atoms with E-state index < -0.39 is 21.5 Å². The number of hydrogen-bond acceptors (Lipinski definition) is 0. The number of benzene rings is 2. The molecule has 0 aromatic heterocycles. The first-order valence-corrected chi connectivity index (χ1v) is 33.2. The first kappa shape index (κ1) is 34.5. The van der Waals surface area contributed by atoms with Crippen LogP contribution in [0.1, 0.15) is 170 Å². The van der Waals surface area contributed by atoms with Crippen LogP contribution in [0.2, 0.25) is 13.1 Å². The van der Waals surface area contributed by atoms with Crippen LogP contribution in [0.4, 0.5) is 0 Å². The maximum absolute atomic E-state index is 8.74. The molecule has 0 saturated heterocycles. The van der Waals surface area contributed by atoms with E-state index in [-0.39, 0.29) is 7.25 Å². The fraction of sp³-hybridized carbons (Fsp3) is 0.579. The third kappa shape index (κ3) is 5.72. The molecule has 4 heteroatoms. The number of rotatable bonds is 11. The third-order valence-corrected chi connectivity index (χ3v) is 62.3. The topological polar surface area (TPSA) is 0 Å². The quantitative estimate of drug-likeness (QED) is 0.204. The van der Waals surface area contributed by atoms with E-state index in [0.29, 0.717) is 23.7 Å². The van der Waals surface area contributed by atoms with Crippen LogP contribution in [0, 0.1) is 0 Å². The second-order valence-electron chi connectivity index (χ2n) is 15.0. The van der Waals surface area contributed by atoms with Crippen LogP contribution < -0.4 is 0 Å². The molecule has 0 nitrogen and oxygen atoms in total. The molecule has 2 aliphatic carbocycles. The van der Waals surface area contributed by atoms with Crippen molar-refractivity contribution in [3.05, 3.63) is 79.9 Å². The second kappa shape index (κ2) is 12.8. The first-order valence-electron chi connectivity index (χ1n) is 16.9. The first-order chi connectivity index (χ1) is 19.6. The Balaban J connectivity index is 2.12. The van der Waals surface area contributed by atoms with Crippen molar-refractivity contribution < 1.29 is 15.6 Å². The number of halogens is 2. The summed E-state index contributed by atoms with van der Waals surface area (Å²) >= 11 is -4.76. The summed E-state index contributed by atoms with van der Waals surface area (Å²) in [4.78, 5) is 0. The van der Waals surface area contributed by atoms with E-state index in [1.54, 1.807) is 0 Å². The molecule has 0 saturated carbocycles. The van der Waals surface area contributed by atoms with Gasteiger partial charge in [-0.05, 0) is 0 Å². The van der Waals surface area contributed by atoms with Gasteiger partial charge < -0.3 is 0 Å². The van der Waals surface area contributed by atoms with Gasteiger partial charge in [-0.15, -0.1) is 0 Å². The van der Waals surface area contributed by atoms with Gasteiger partial charge >= 0.3 is 270 Å². The summed E-state index contributed by atoms with van der Waals surface area (Å²) in [6, 6.07) is 10.0. The third-order valence-electron chi connectivity index (χ3n) is 10.4. The summed E-state index contributed by atoms with van der Waals surface area (Å²) in [5.41, 5.74) is 14.7. The fourth-order valence-electron chi connectivity index (χ4n) is 7.96. The van der Waals surface area contributed by atoms with Crippen molar-refractivity contribution in [3.63, 3.8) is 0 Å². The summed E-state index contributed by atoms with van der Waals surface area (Å²) in [5.74, 6) is 0.290. The Morgan fingerprint density at radius 2 is 0.976 bits per heavy atom. The molecule has 231 valence electrons. The van der Waals surface area contributed by atoms with Gasteiger partial charge in [0.15, 0.2) is 0 Å². The molecule has 0 fully saturated rings. The van der Waals surface area contributed by atoms with Crippen LogP contribution in [-0.4, -0.2) is 5.92 Å². The van der Waals surface area contributed by atoms with E-state index in [4.69, 9.17) is 17.0 Å².